The standard InChI is InChI=1S/C24H28N6O3/c1-24(15-31)14-27-22-18(24)11-16(13-26-22)19-5-6-25-23(28-19)29-20-12-17(3-4-21(20)32-2)30-7-9-33-10-8-30/h3-6,11-13,31H,7-10,14-15H2,1-2H3,(H,26,27)(H,25,28,29). The smallest absolute Gasteiger partial charge is 0.227 e. The minimum absolute atomic E-state index is 0.0496. The van der Waals surface area contributed by atoms with Crippen molar-refractivity contribution in [2.45, 2.75) is 12.3 Å². The lowest BCUT2D eigenvalue weighted by atomic mass is 9.85. The highest BCUT2D eigenvalue weighted by Crippen LogP contribution is 2.37. The van der Waals surface area contributed by atoms with E-state index in [1.807, 2.05) is 25.1 Å². The summed E-state index contributed by atoms with van der Waals surface area (Å²) in [5.74, 6) is 1.99. The molecule has 9 heteroatoms. The van der Waals surface area contributed by atoms with Gasteiger partial charge >= 0.3 is 0 Å². The number of benzene rings is 1. The van der Waals surface area contributed by atoms with Crippen LogP contribution in [0.25, 0.3) is 11.3 Å². The molecule has 4 heterocycles. The van der Waals surface area contributed by atoms with Crippen LogP contribution in [0.2, 0.25) is 0 Å². The number of morpholine rings is 1. The second kappa shape index (κ2) is 8.84. The molecule has 1 saturated heterocycles. The number of methoxy groups -OCH3 is 1. The van der Waals surface area contributed by atoms with Gasteiger partial charge in [0.15, 0.2) is 0 Å². The topological polar surface area (TPSA) is 105 Å². The number of hydrogen-bond donors (Lipinski definition) is 3. The van der Waals surface area contributed by atoms with Gasteiger partial charge < -0.3 is 30.1 Å². The van der Waals surface area contributed by atoms with E-state index in [0.717, 1.165) is 60.3 Å². The van der Waals surface area contributed by atoms with Gasteiger partial charge in [-0.25, -0.2) is 15.0 Å². The maximum absolute atomic E-state index is 9.88. The first-order valence-corrected chi connectivity index (χ1v) is 11.1. The van der Waals surface area contributed by atoms with Crippen LogP contribution in [0.4, 0.5) is 23.1 Å². The minimum atomic E-state index is -0.361. The van der Waals surface area contributed by atoms with E-state index < -0.39 is 0 Å². The minimum Gasteiger partial charge on any atom is -0.495 e. The fourth-order valence-corrected chi connectivity index (χ4v) is 4.23. The van der Waals surface area contributed by atoms with Crippen LogP contribution in [-0.4, -0.2) is 66.6 Å². The number of aliphatic hydroxyl groups is 1. The lowest BCUT2D eigenvalue weighted by Crippen LogP contribution is -2.36. The van der Waals surface area contributed by atoms with Crippen LogP contribution in [0.15, 0.2) is 42.7 Å². The zero-order valence-corrected chi connectivity index (χ0v) is 18.8. The highest BCUT2D eigenvalue weighted by atomic mass is 16.5. The molecule has 5 rings (SSSR count). The quantitative estimate of drug-likeness (QED) is 0.525. The molecule has 0 aliphatic carbocycles. The van der Waals surface area contributed by atoms with Gasteiger partial charge in [0, 0.05) is 54.3 Å². The summed E-state index contributed by atoms with van der Waals surface area (Å²) < 4.78 is 11.0. The summed E-state index contributed by atoms with van der Waals surface area (Å²) in [5.41, 5.74) is 4.14. The van der Waals surface area contributed by atoms with E-state index in [1.165, 1.54) is 0 Å². The van der Waals surface area contributed by atoms with Crippen LogP contribution in [0.1, 0.15) is 12.5 Å². The third kappa shape index (κ3) is 4.17. The second-order valence-electron chi connectivity index (χ2n) is 8.57. The van der Waals surface area contributed by atoms with Crippen molar-refractivity contribution in [3.05, 3.63) is 48.3 Å². The Morgan fingerprint density at radius 1 is 1.21 bits per heavy atom. The second-order valence-corrected chi connectivity index (χ2v) is 8.57. The van der Waals surface area contributed by atoms with Gasteiger partial charge in [0.05, 0.1) is 38.3 Å². The van der Waals surface area contributed by atoms with Crippen molar-refractivity contribution in [2.75, 3.05) is 62.1 Å². The Hall–Kier alpha value is -3.43. The number of rotatable bonds is 6. The molecule has 0 radical (unpaired) electrons. The van der Waals surface area contributed by atoms with Gasteiger partial charge in [0.1, 0.15) is 11.6 Å². The predicted octanol–water partition coefficient (Wildman–Crippen LogP) is 2.80. The Labute approximate surface area is 192 Å². The number of aliphatic hydroxyl groups excluding tert-OH is 1. The Morgan fingerprint density at radius 2 is 2.06 bits per heavy atom. The molecule has 2 aliphatic heterocycles. The molecule has 33 heavy (non-hydrogen) atoms. The van der Waals surface area contributed by atoms with Gasteiger partial charge in [0.25, 0.3) is 0 Å². The van der Waals surface area contributed by atoms with Crippen LogP contribution in [0, 0.1) is 0 Å². The fraction of sp³-hybridized carbons (Fsp3) is 0.375. The number of hydrogen-bond acceptors (Lipinski definition) is 9. The van der Waals surface area contributed by atoms with Gasteiger partial charge in [-0.1, -0.05) is 6.92 Å². The average Bonchev–Trinajstić information content (AvgIpc) is 3.21. The van der Waals surface area contributed by atoms with E-state index in [1.54, 1.807) is 19.5 Å². The number of nitrogens with one attached hydrogen (secondary N) is 2. The van der Waals surface area contributed by atoms with E-state index in [2.05, 4.69) is 37.6 Å². The first-order valence-electron chi connectivity index (χ1n) is 11.1. The van der Waals surface area contributed by atoms with E-state index >= 15 is 0 Å². The number of anilines is 4. The van der Waals surface area contributed by atoms with E-state index in [-0.39, 0.29) is 12.0 Å². The highest BCUT2D eigenvalue weighted by molar-refractivity contribution is 5.71. The molecule has 0 amide bonds. The van der Waals surface area contributed by atoms with Crippen molar-refractivity contribution >= 4 is 23.1 Å². The Kier molecular flexibility index (Phi) is 5.74. The van der Waals surface area contributed by atoms with Crippen molar-refractivity contribution < 1.29 is 14.6 Å². The van der Waals surface area contributed by atoms with Gasteiger partial charge in [-0.2, -0.15) is 0 Å². The molecule has 0 bridgehead atoms. The molecular weight excluding hydrogens is 420 g/mol. The van der Waals surface area contributed by atoms with Crippen molar-refractivity contribution in [3.63, 3.8) is 0 Å². The Morgan fingerprint density at radius 3 is 2.85 bits per heavy atom. The first kappa shape index (κ1) is 21.4. The molecule has 172 valence electrons. The van der Waals surface area contributed by atoms with Crippen LogP contribution in [0.3, 0.4) is 0 Å². The highest BCUT2D eigenvalue weighted by Gasteiger charge is 2.35. The number of nitrogens with zero attached hydrogens (tertiary/aromatic N) is 4. The molecule has 3 N–H and O–H groups in total. The molecular formula is C24H28N6O3. The molecule has 1 aromatic carbocycles. The molecule has 1 atom stereocenters. The Bertz CT molecular complexity index is 1150. The molecule has 1 unspecified atom stereocenters. The number of ether oxygens (including phenoxy) is 2. The van der Waals surface area contributed by atoms with Crippen LogP contribution in [-0.2, 0) is 10.2 Å². The first-order chi connectivity index (χ1) is 16.1. The van der Waals surface area contributed by atoms with Crippen molar-refractivity contribution in [1.29, 1.82) is 0 Å². The maximum Gasteiger partial charge on any atom is 0.227 e. The van der Waals surface area contributed by atoms with Crippen molar-refractivity contribution in [2.24, 2.45) is 0 Å². The SMILES string of the molecule is COc1ccc(N2CCOCC2)cc1Nc1nccc(-c2cnc3c(c2)C(C)(CO)CN3)n1. The van der Waals surface area contributed by atoms with Crippen LogP contribution >= 0.6 is 0 Å². The van der Waals surface area contributed by atoms with Crippen LogP contribution < -0.4 is 20.3 Å². The molecule has 0 saturated carbocycles. The summed E-state index contributed by atoms with van der Waals surface area (Å²) in [5, 5.41) is 16.5. The van der Waals surface area contributed by atoms with Gasteiger partial charge in [-0.15, -0.1) is 0 Å². The summed E-state index contributed by atoms with van der Waals surface area (Å²) in [6, 6.07) is 9.95. The predicted molar refractivity (Wildman–Crippen MR) is 127 cm³/mol. The molecule has 2 aliphatic rings. The molecule has 3 aromatic rings. The lowest BCUT2D eigenvalue weighted by molar-refractivity contribution is 0.122. The Balaban J connectivity index is 1.43. The third-order valence-electron chi connectivity index (χ3n) is 6.29. The molecule has 1 fully saturated rings. The van der Waals surface area contributed by atoms with E-state index in [0.29, 0.717) is 18.2 Å². The summed E-state index contributed by atoms with van der Waals surface area (Å²) >= 11 is 0. The van der Waals surface area contributed by atoms with Crippen molar-refractivity contribution in [1.82, 2.24) is 15.0 Å². The molecule has 9 nitrogen and oxygen atoms in total. The zero-order chi connectivity index (χ0) is 22.8. The summed E-state index contributed by atoms with van der Waals surface area (Å²) in [6.07, 6.45) is 3.51. The summed E-state index contributed by atoms with van der Waals surface area (Å²) in [4.78, 5) is 16.0. The van der Waals surface area contributed by atoms with E-state index in [9.17, 15) is 5.11 Å². The number of aromatic nitrogens is 3. The fourth-order valence-electron chi connectivity index (χ4n) is 4.23. The maximum atomic E-state index is 9.88. The normalized spacial score (nSPS) is 19.7. The lowest BCUT2D eigenvalue weighted by Gasteiger charge is -2.29. The summed E-state index contributed by atoms with van der Waals surface area (Å²) in [6.45, 7) is 5.88. The van der Waals surface area contributed by atoms with Crippen LogP contribution in [0.5, 0.6) is 5.75 Å². The summed E-state index contributed by atoms with van der Waals surface area (Å²) in [7, 11) is 1.65. The van der Waals surface area contributed by atoms with Crippen molar-refractivity contribution in [3.8, 4) is 17.0 Å². The molecule has 0 spiro atoms. The average molecular weight is 449 g/mol. The van der Waals surface area contributed by atoms with Gasteiger partial charge in [-0.3, -0.25) is 0 Å². The largest absolute Gasteiger partial charge is 0.495 e. The third-order valence-corrected chi connectivity index (χ3v) is 6.29. The van der Waals surface area contributed by atoms with Gasteiger partial charge in [0.2, 0.25) is 5.95 Å². The monoisotopic (exact) mass is 448 g/mol. The van der Waals surface area contributed by atoms with E-state index in [4.69, 9.17) is 14.5 Å². The number of pyridine rings is 1. The van der Waals surface area contributed by atoms with Gasteiger partial charge in [-0.05, 0) is 30.3 Å². The number of fused-ring (bicyclic) bond motifs is 1. The molecule has 2 aromatic heterocycles. The zero-order valence-electron chi connectivity index (χ0n) is 18.8.